The van der Waals surface area contributed by atoms with Gasteiger partial charge in [0.2, 0.25) is 0 Å². The van der Waals surface area contributed by atoms with Gasteiger partial charge in [-0.15, -0.1) is 0 Å². The van der Waals surface area contributed by atoms with Gasteiger partial charge in [0.05, 0.1) is 13.0 Å². The van der Waals surface area contributed by atoms with E-state index in [1.54, 1.807) is 0 Å². The van der Waals surface area contributed by atoms with Crippen molar-refractivity contribution in [1.29, 1.82) is 0 Å². The molecule has 0 spiro atoms. The van der Waals surface area contributed by atoms with Crippen molar-refractivity contribution in [2.75, 3.05) is 13.2 Å². The zero-order chi connectivity index (χ0) is 12.1. The molecule has 92 valence electrons. The molecule has 0 saturated carbocycles. The standard InChI is InChI=1S/C13H18N2O2/c14-10-12-6-2-1-5-11(12)9-13(16)15-7-3-4-8-17-15/h1-2,5-6H,3-4,7-10,14H2. The topological polar surface area (TPSA) is 55.6 Å². The van der Waals surface area contributed by atoms with Crippen molar-refractivity contribution < 1.29 is 9.63 Å². The molecule has 1 aliphatic rings. The van der Waals surface area contributed by atoms with Crippen LogP contribution in [0.3, 0.4) is 0 Å². The number of nitrogens with zero attached hydrogens (tertiary/aromatic N) is 1. The van der Waals surface area contributed by atoms with Gasteiger partial charge < -0.3 is 5.73 Å². The number of hydrogen-bond donors (Lipinski definition) is 1. The Morgan fingerprint density at radius 3 is 2.71 bits per heavy atom. The molecule has 0 aliphatic carbocycles. The van der Waals surface area contributed by atoms with Gasteiger partial charge in [0, 0.05) is 13.1 Å². The van der Waals surface area contributed by atoms with E-state index in [4.69, 9.17) is 10.6 Å². The first-order valence-electron chi connectivity index (χ1n) is 6.01. The zero-order valence-corrected chi connectivity index (χ0v) is 9.89. The number of hydroxylamine groups is 2. The van der Waals surface area contributed by atoms with Gasteiger partial charge in [0.25, 0.3) is 5.91 Å². The highest BCUT2D eigenvalue weighted by Crippen LogP contribution is 2.12. The SMILES string of the molecule is NCc1ccccc1CC(=O)N1CCCCO1. The Morgan fingerprint density at radius 1 is 1.29 bits per heavy atom. The molecular weight excluding hydrogens is 216 g/mol. The van der Waals surface area contributed by atoms with E-state index < -0.39 is 0 Å². The van der Waals surface area contributed by atoms with Gasteiger partial charge >= 0.3 is 0 Å². The Kier molecular flexibility index (Phi) is 4.12. The first-order valence-corrected chi connectivity index (χ1v) is 6.01. The summed E-state index contributed by atoms with van der Waals surface area (Å²) in [6.07, 6.45) is 2.42. The molecule has 1 fully saturated rings. The van der Waals surface area contributed by atoms with Gasteiger partial charge in [-0.25, -0.2) is 5.06 Å². The molecule has 4 nitrogen and oxygen atoms in total. The average Bonchev–Trinajstić information content (AvgIpc) is 2.40. The third-order valence-corrected chi connectivity index (χ3v) is 2.96. The summed E-state index contributed by atoms with van der Waals surface area (Å²) >= 11 is 0. The predicted molar refractivity (Wildman–Crippen MR) is 64.9 cm³/mol. The number of rotatable bonds is 3. The van der Waals surface area contributed by atoms with E-state index in [0.717, 1.165) is 24.0 Å². The maximum absolute atomic E-state index is 12.0. The molecule has 1 aliphatic heterocycles. The molecule has 2 N–H and O–H groups in total. The van der Waals surface area contributed by atoms with E-state index in [9.17, 15) is 4.79 Å². The molecule has 0 aromatic heterocycles. The molecule has 2 rings (SSSR count). The Labute approximate surface area is 101 Å². The minimum absolute atomic E-state index is 0.0191. The zero-order valence-electron chi connectivity index (χ0n) is 9.89. The third-order valence-electron chi connectivity index (χ3n) is 2.96. The average molecular weight is 234 g/mol. The molecule has 1 aromatic rings. The number of carbonyl (C=O) groups is 1. The van der Waals surface area contributed by atoms with E-state index in [1.165, 1.54) is 5.06 Å². The van der Waals surface area contributed by atoms with E-state index in [1.807, 2.05) is 24.3 Å². The van der Waals surface area contributed by atoms with Crippen LogP contribution in [0.25, 0.3) is 0 Å². The van der Waals surface area contributed by atoms with Crippen LogP contribution < -0.4 is 5.73 Å². The predicted octanol–water partition coefficient (Wildman–Crippen LogP) is 1.24. The maximum atomic E-state index is 12.0. The molecular formula is C13H18N2O2. The van der Waals surface area contributed by atoms with Crippen LogP contribution in [0.2, 0.25) is 0 Å². The van der Waals surface area contributed by atoms with Crippen molar-refractivity contribution in [2.24, 2.45) is 5.73 Å². The van der Waals surface area contributed by atoms with Crippen LogP contribution in [0.4, 0.5) is 0 Å². The van der Waals surface area contributed by atoms with Gasteiger partial charge in [-0.2, -0.15) is 0 Å². The van der Waals surface area contributed by atoms with Crippen LogP contribution in [0.5, 0.6) is 0 Å². The molecule has 0 atom stereocenters. The molecule has 17 heavy (non-hydrogen) atoms. The fraction of sp³-hybridized carbons (Fsp3) is 0.462. The summed E-state index contributed by atoms with van der Waals surface area (Å²) in [4.78, 5) is 17.3. The fourth-order valence-electron chi connectivity index (χ4n) is 1.97. The van der Waals surface area contributed by atoms with Gasteiger partial charge in [-0.1, -0.05) is 24.3 Å². The Morgan fingerprint density at radius 2 is 2.06 bits per heavy atom. The second kappa shape index (κ2) is 5.80. The lowest BCUT2D eigenvalue weighted by Crippen LogP contribution is -2.36. The lowest BCUT2D eigenvalue weighted by molar-refractivity contribution is -0.196. The van der Waals surface area contributed by atoms with Gasteiger partial charge in [-0.3, -0.25) is 9.63 Å². The summed E-state index contributed by atoms with van der Waals surface area (Å²) in [5.74, 6) is 0.0191. The summed E-state index contributed by atoms with van der Waals surface area (Å²) in [6.45, 7) is 1.80. The number of amides is 1. The van der Waals surface area contributed by atoms with Crippen LogP contribution in [-0.4, -0.2) is 24.1 Å². The first-order chi connectivity index (χ1) is 8.31. The van der Waals surface area contributed by atoms with E-state index in [0.29, 0.717) is 26.1 Å². The minimum atomic E-state index is 0.0191. The quantitative estimate of drug-likeness (QED) is 0.856. The lowest BCUT2D eigenvalue weighted by atomic mass is 10.0. The molecule has 1 aromatic carbocycles. The van der Waals surface area contributed by atoms with Crippen LogP contribution in [0.1, 0.15) is 24.0 Å². The molecule has 4 heteroatoms. The van der Waals surface area contributed by atoms with Crippen molar-refractivity contribution in [3.63, 3.8) is 0 Å². The van der Waals surface area contributed by atoms with Crippen LogP contribution in [-0.2, 0) is 22.6 Å². The van der Waals surface area contributed by atoms with Gasteiger partial charge in [0.1, 0.15) is 0 Å². The van der Waals surface area contributed by atoms with Gasteiger partial charge in [-0.05, 0) is 24.0 Å². The monoisotopic (exact) mass is 234 g/mol. The molecule has 0 bridgehead atoms. The normalized spacial score (nSPS) is 15.9. The molecule has 0 unspecified atom stereocenters. The highest BCUT2D eigenvalue weighted by Gasteiger charge is 2.18. The maximum Gasteiger partial charge on any atom is 0.250 e. The molecule has 0 radical (unpaired) electrons. The highest BCUT2D eigenvalue weighted by molar-refractivity contribution is 5.78. The highest BCUT2D eigenvalue weighted by atomic mass is 16.7. The molecule has 1 heterocycles. The Hall–Kier alpha value is -1.39. The second-order valence-electron chi connectivity index (χ2n) is 4.19. The summed E-state index contributed by atoms with van der Waals surface area (Å²) in [7, 11) is 0. The van der Waals surface area contributed by atoms with Crippen LogP contribution in [0, 0.1) is 0 Å². The largest absolute Gasteiger partial charge is 0.326 e. The Bertz CT molecular complexity index is 387. The fourth-order valence-corrected chi connectivity index (χ4v) is 1.97. The second-order valence-corrected chi connectivity index (χ2v) is 4.19. The van der Waals surface area contributed by atoms with Crippen LogP contribution in [0.15, 0.2) is 24.3 Å². The molecule has 1 amide bonds. The van der Waals surface area contributed by atoms with Crippen molar-refractivity contribution >= 4 is 5.91 Å². The number of benzene rings is 1. The number of hydrogen-bond acceptors (Lipinski definition) is 3. The first kappa shape index (κ1) is 12.1. The van der Waals surface area contributed by atoms with E-state index in [2.05, 4.69) is 0 Å². The van der Waals surface area contributed by atoms with Crippen molar-refractivity contribution in [1.82, 2.24) is 5.06 Å². The van der Waals surface area contributed by atoms with Crippen molar-refractivity contribution in [3.05, 3.63) is 35.4 Å². The lowest BCUT2D eigenvalue weighted by Gasteiger charge is -2.26. The number of carbonyl (C=O) groups excluding carboxylic acids is 1. The Balaban J connectivity index is 2.01. The van der Waals surface area contributed by atoms with Crippen molar-refractivity contribution in [3.8, 4) is 0 Å². The summed E-state index contributed by atoms with van der Waals surface area (Å²) in [5, 5.41) is 1.48. The summed E-state index contributed by atoms with van der Waals surface area (Å²) < 4.78 is 0. The smallest absolute Gasteiger partial charge is 0.250 e. The summed E-state index contributed by atoms with van der Waals surface area (Å²) in [5.41, 5.74) is 7.67. The minimum Gasteiger partial charge on any atom is -0.326 e. The van der Waals surface area contributed by atoms with Crippen molar-refractivity contribution in [2.45, 2.75) is 25.8 Å². The number of nitrogens with two attached hydrogens (primary N) is 1. The molecule has 1 saturated heterocycles. The third kappa shape index (κ3) is 3.05. The van der Waals surface area contributed by atoms with E-state index in [-0.39, 0.29) is 5.91 Å². The summed E-state index contributed by atoms with van der Waals surface area (Å²) in [6, 6.07) is 7.77. The van der Waals surface area contributed by atoms with E-state index >= 15 is 0 Å². The van der Waals surface area contributed by atoms with Gasteiger partial charge in [0.15, 0.2) is 0 Å². The van der Waals surface area contributed by atoms with Crippen LogP contribution >= 0.6 is 0 Å².